The van der Waals surface area contributed by atoms with Crippen molar-refractivity contribution in [1.82, 2.24) is 4.90 Å². The number of rotatable bonds is 11. The lowest BCUT2D eigenvalue weighted by molar-refractivity contribution is -0.302. The highest BCUT2D eigenvalue weighted by molar-refractivity contribution is 6.39. The van der Waals surface area contributed by atoms with E-state index in [9.17, 15) is 33.8 Å². The minimum atomic E-state index is -2.51. The topological polar surface area (TPSA) is 167 Å². The maximum atomic E-state index is 14.5. The van der Waals surface area contributed by atoms with Crippen molar-refractivity contribution in [2.24, 2.45) is 29.6 Å². The van der Waals surface area contributed by atoms with Crippen molar-refractivity contribution in [3.8, 4) is 0 Å². The summed E-state index contributed by atoms with van der Waals surface area (Å²) < 4.78 is 50.0. The van der Waals surface area contributed by atoms with Crippen molar-refractivity contribution in [3.05, 3.63) is 58.9 Å². The number of Topliss-reactive ketones (excluding diaryl/α,β-unsaturated/α-hetero) is 2. The molecule has 1 aromatic rings. The monoisotopic (exact) mass is 928 g/mol. The molecule has 3 aliphatic heterocycles. The average Bonchev–Trinajstić information content (AvgIpc) is 3.30. The van der Waals surface area contributed by atoms with Crippen LogP contribution in [0.2, 0.25) is 0 Å². The molecule has 3 heterocycles. The van der Waals surface area contributed by atoms with Crippen LogP contribution in [0.5, 0.6) is 0 Å². The number of fused-ring (bicyclic) bond motifs is 3. The van der Waals surface area contributed by atoms with Crippen LogP contribution in [0.15, 0.2) is 47.6 Å². The van der Waals surface area contributed by atoms with Gasteiger partial charge in [0.05, 0.1) is 30.5 Å². The molecule has 2 saturated heterocycles. The number of ketones is 2. The molecule has 1 saturated carbocycles. The van der Waals surface area contributed by atoms with Gasteiger partial charge >= 0.3 is 5.97 Å². The van der Waals surface area contributed by atoms with E-state index in [1.807, 2.05) is 26.8 Å². The van der Waals surface area contributed by atoms with Crippen LogP contribution >= 0.6 is 0 Å². The number of benzene rings is 1. The van der Waals surface area contributed by atoms with Crippen molar-refractivity contribution in [3.63, 3.8) is 0 Å². The van der Waals surface area contributed by atoms with Gasteiger partial charge in [-0.3, -0.25) is 14.4 Å². The largest absolute Gasteiger partial charge is 0.456 e. The number of halogens is 1. The third-order valence-electron chi connectivity index (χ3n) is 14.7. The van der Waals surface area contributed by atoms with Gasteiger partial charge in [-0.05, 0) is 126 Å². The van der Waals surface area contributed by atoms with E-state index in [1.165, 1.54) is 31.3 Å². The number of ether oxygens (including phenoxy) is 6. The van der Waals surface area contributed by atoms with E-state index in [0.717, 1.165) is 36.8 Å². The molecule has 14 atom stereocenters. The van der Waals surface area contributed by atoms with Crippen LogP contribution in [0.25, 0.3) is 0 Å². The molecule has 1 aromatic carbocycles. The van der Waals surface area contributed by atoms with Crippen molar-refractivity contribution in [2.45, 2.75) is 180 Å². The van der Waals surface area contributed by atoms with E-state index in [-0.39, 0.29) is 61.5 Å². The Balaban J connectivity index is 1.42. The molecule has 13 nitrogen and oxygen atoms in total. The zero-order chi connectivity index (χ0) is 48.3. The van der Waals surface area contributed by atoms with Gasteiger partial charge in [0, 0.05) is 58.7 Å². The Kier molecular flexibility index (Phi) is 20.1. The summed E-state index contributed by atoms with van der Waals surface area (Å²) in [5, 5.41) is 24.0. The Hall–Kier alpha value is -3.37. The number of hydrogen-bond donors (Lipinski definition) is 2. The fourth-order valence-corrected chi connectivity index (χ4v) is 10.7. The van der Waals surface area contributed by atoms with Crippen LogP contribution in [0.3, 0.4) is 0 Å². The molecule has 5 rings (SSSR count). The Morgan fingerprint density at radius 1 is 0.909 bits per heavy atom. The number of methoxy groups -OCH3 is 3. The molecular formula is C52H78FNO12. The molecule has 1 amide bonds. The van der Waals surface area contributed by atoms with Crippen molar-refractivity contribution >= 4 is 23.4 Å². The molecule has 0 radical (unpaired) electrons. The molecule has 370 valence electrons. The number of piperidine rings is 1. The van der Waals surface area contributed by atoms with Crippen LogP contribution in [0, 0.1) is 35.4 Å². The van der Waals surface area contributed by atoms with Gasteiger partial charge in [-0.25, -0.2) is 9.18 Å². The van der Waals surface area contributed by atoms with Crippen molar-refractivity contribution in [1.29, 1.82) is 0 Å². The molecule has 14 unspecified atom stereocenters. The smallest absolute Gasteiger partial charge is 0.329 e. The molecule has 4 aliphatic rings. The summed E-state index contributed by atoms with van der Waals surface area (Å²) in [7, 11) is 4.74. The van der Waals surface area contributed by atoms with E-state index in [2.05, 4.69) is 13.0 Å². The second-order valence-corrected chi connectivity index (χ2v) is 19.7. The highest BCUT2D eigenvalue weighted by Crippen LogP contribution is 2.39. The number of hydrogen-bond acceptors (Lipinski definition) is 12. The molecule has 0 aromatic heterocycles. The summed E-state index contributed by atoms with van der Waals surface area (Å²) in [4.78, 5) is 58.4. The molecule has 3 fully saturated rings. The number of aryl methyl sites for hydroxylation is 1. The number of carbonyl (C=O) groups excluding carboxylic acids is 4. The summed E-state index contributed by atoms with van der Waals surface area (Å²) in [5.41, 5.74) is 2.72. The van der Waals surface area contributed by atoms with E-state index in [0.29, 0.717) is 50.7 Å². The molecule has 0 spiro atoms. The van der Waals surface area contributed by atoms with E-state index in [1.54, 1.807) is 33.1 Å². The SMILES string of the molecule is CCC1/C=C(\C)CC(C)CC(OC)C2OC(O)(C(=O)C(=O)N3CCCCC3C(=O)OC(C(C)=CC3CCC(OCCCc4ccc(F)cc4)C(OC)C3)C(C)C(O)CC1=O)C(C)CC2OC. The highest BCUT2D eigenvalue weighted by atomic mass is 19.1. The van der Waals surface area contributed by atoms with Crippen molar-refractivity contribution < 1.29 is 62.2 Å². The number of amides is 1. The summed E-state index contributed by atoms with van der Waals surface area (Å²) >= 11 is 0. The van der Waals surface area contributed by atoms with Crippen molar-refractivity contribution in [2.75, 3.05) is 34.5 Å². The first-order valence-corrected chi connectivity index (χ1v) is 24.4. The molecule has 1 aliphatic carbocycles. The van der Waals surface area contributed by atoms with Gasteiger partial charge in [-0.2, -0.15) is 0 Å². The Morgan fingerprint density at radius 3 is 2.26 bits per heavy atom. The number of cyclic esters (lactones) is 1. The Bertz CT molecular complexity index is 1840. The standard InChI is InChI=1S/C52H78FNO12/c1-10-38-25-31(2)24-32(3)26-45(62-8)48-46(63-9)28-34(5)52(60,66-48)49(57)50(58)54-22-12-11-15-40(54)51(59)65-47(35(6)41(55)30-42(38)56)33(4)27-37-18-21-43(44(29-37)61-7)64-23-13-14-36-16-19-39(53)20-17-36/h16-17,19-20,25,27,32,34-35,37-38,40-41,43-48,55,60H,10-15,18,21-24,26,28-30H2,1-9H3/b31-25+,33-27?. The number of carbonyl (C=O) groups is 4. The third-order valence-corrected chi connectivity index (χ3v) is 14.7. The molecular weight excluding hydrogens is 850 g/mol. The normalized spacial score (nSPS) is 37.0. The second kappa shape index (κ2) is 24.8. The first-order valence-electron chi connectivity index (χ1n) is 24.4. The highest BCUT2D eigenvalue weighted by Gasteiger charge is 2.56. The first kappa shape index (κ1) is 53.6. The second-order valence-electron chi connectivity index (χ2n) is 19.7. The van der Waals surface area contributed by atoms with Gasteiger partial charge in [0.25, 0.3) is 11.7 Å². The zero-order valence-corrected chi connectivity index (χ0v) is 40.9. The average molecular weight is 928 g/mol. The zero-order valence-electron chi connectivity index (χ0n) is 40.9. The van der Waals surface area contributed by atoms with Crippen LogP contribution < -0.4 is 0 Å². The quantitative estimate of drug-likeness (QED) is 0.0988. The fourth-order valence-electron chi connectivity index (χ4n) is 10.7. The lowest BCUT2D eigenvalue weighted by atomic mass is 9.81. The van der Waals surface area contributed by atoms with Gasteiger partial charge in [0.15, 0.2) is 0 Å². The minimum Gasteiger partial charge on any atom is -0.456 e. The molecule has 2 bridgehead atoms. The molecule has 14 heteroatoms. The summed E-state index contributed by atoms with van der Waals surface area (Å²) in [6, 6.07) is 5.35. The third kappa shape index (κ3) is 13.4. The predicted molar refractivity (Wildman–Crippen MR) is 247 cm³/mol. The summed E-state index contributed by atoms with van der Waals surface area (Å²) in [6.45, 7) is 11.9. The fraction of sp³-hybridized carbons (Fsp3) is 0.731. The maximum absolute atomic E-state index is 14.5. The summed E-state index contributed by atoms with van der Waals surface area (Å²) in [5.74, 6) is -7.80. The minimum absolute atomic E-state index is 0.0200. The maximum Gasteiger partial charge on any atom is 0.329 e. The van der Waals surface area contributed by atoms with Crippen LogP contribution in [-0.4, -0.2) is 128 Å². The van der Waals surface area contributed by atoms with Gasteiger partial charge in [-0.15, -0.1) is 0 Å². The number of aliphatic hydroxyl groups excluding tert-OH is 1. The van der Waals surface area contributed by atoms with E-state index in [4.69, 9.17) is 28.4 Å². The predicted octanol–water partition coefficient (Wildman–Crippen LogP) is 7.27. The number of allylic oxidation sites excluding steroid dienone is 3. The van der Waals surface area contributed by atoms with Crippen LogP contribution in [0.4, 0.5) is 4.39 Å². The van der Waals surface area contributed by atoms with Gasteiger partial charge < -0.3 is 43.5 Å². The number of esters is 1. The number of aliphatic hydroxyl groups is 2. The van der Waals surface area contributed by atoms with Gasteiger partial charge in [0.2, 0.25) is 5.79 Å². The van der Waals surface area contributed by atoms with Gasteiger partial charge in [0.1, 0.15) is 29.9 Å². The van der Waals surface area contributed by atoms with Gasteiger partial charge in [-0.1, -0.05) is 57.6 Å². The lowest BCUT2D eigenvalue weighted by Gasteiger charge is -2.47. The Morgan fingerprint density at radius 2 is 1.59 bits per heavy atom. The molecule has 66 heavy (non-hydrogen) atoms. The lowest BCUT2D eigenvalue weighted by Crippen LogP contribution is -2.64. The van der Waals surface area contributed by atoms with Crippen LogP contribution in [0.1, 0.15) is 124 Å². The summed E-state index contributed by atoms with van der Waals surface area (Å²) in [6.07, 6.45) is 6.21. The van der Waals surface area contributed by atoms with Crippen LogP contribution in [-0.2, 0) is 54.0 Å². The van der Waals surface area contributed by atoms with E-state index >= 15 is 0 Å². The number of nitrogens with zero attached hydrogens (tertiary/aromatic N) is 1. The van der Waals surface area contributed by atoms with E-state index < -0.39 is 77.8 Å². The Labute approximate surface area is 392 Å². The molecule has 2 N–H and O–H groups in total. The first-order chi connectivity index (χ1) is 31.4.